The zero-order chi connectivity index (χ0) is 12.3. The first-order valence-corrected chi connectivity index (χ1v) is 8.22. The van der Waals surface area contributed by atoms with Crippen LogP contribution in [0.2, 0.25) is 0 Å². The van der Waals surface area contributed by atoms with Crippen molar-refractivity contribution in [3.63, 3.8) is 0 Å². The van der Waals surface area contributed by atoms with Gasteiger partial charge in [0.1, 0.15) is 0 Å². The molecule has 18 heavy (non-hydrogen) atoms. The highest BCUT2D eigenvalue weighted by atomic mass is 32.1. The van der Waals surface area contributed by atoms with Crippen LogP contribution in [0.15, 0.2) is 0 Å². The average Bonchev–Trinajstić information content (AvgIpc) is 2.69. The Morgan fingerprint density at radius 3 is 2.28 bits per heavy atom. The smallest absolute Gasteiger partial charge is 0.0900 e. The van der Waals surface area contributed by atoms with E-state index in [2.05, 4.69) is 6.92 Å². The normalized spacial score (nSPS) is 41.6. The van der Waals surface area contributed by atoms with Gasteiger partial charge in [-0.05, 0) is 62.7 Å². The van der Waals surface area contributed by atoms with Crippen molar-refractivity contribution >= 4 is 11.3 Å². The largest absolute Gasteiger partial charge is 0.326 e. The van der Waals surface area contributed by atoms with Gasteiger partial charge in [0.15, 0.2) is 0 Å². The Morgan fingerprint density at radius 2 is 1.72 bits per heavy atom. The summed E-state index contributed by atoms with van der Waals surface area (Å²) in [5.41, 5.74) is 7.32. The molecular formula is C15H22N2S. The summed E-state index contributed by atoms with van der Waals surface area (Å²) in [4.78, 5) is 6.23. The molecule has 0 saturated heterocycles. The summed E-state index contributed by atoms with van der Waals surface area (Å²) in [6.45, 7) is 2.81. The van der Waals surface area contributed by atoms with Gasteiger partial charge in [-0.2, -0.15) is 0 Å². The third-order valence-electron chi connectivity index (χ3n) is 5.56. The van der Waals surface area contributed by atoms with Gasteiger partial charge in [0.2, 0.25) is 0 Å². The maximum atomic E-state index is 5.93. The van der Waals surface area contributed by atoms with E-state index in [0.717, 1.165) is 29.6 Å². The average molecular weight is 262 g/mol. The van der Waals surface area contributed by atoms with Crippen LogP contribution >= 0.6 is 11.3 Å². The lowest BCUT2D eigenvalue weighted by Gasteiger charge is -2.54. The number of nitrogens with zero attached hydrogens (tertiary/aromatic N) is 1. The fourth-order valence-corrected chi connectivity index (χ4v) is 6.13. The van der Waals surface area contributed by atoms with E-state index < -0.39 is 0 Å². The van der Waals surface area contributed by atoms with Crippen molar-refractivity contribution in [1.29, 1.82) is 0 Å². The van der Waals surface area contributed by atoms with Gasteiger partial charge < -0.3 is 5.73 Å². The van der Waals surface area contributed by atoms with Gasteiger partial charge in [-0.1, -0.05) is 0 Å². The predicted molar refractivity (Wildman–Crippen MR) is 74.5 cm³/mol. The van der Waals surface area contributed by atoms with Crippen molar-refractivity contribution in [2.75, 3.05) is 0 Å². The van der Waals surface area contributed by atoms with E-state index in [4.69, 9.17) is 10.7 Å². The van der Waals surface area contributed by atoms with Gasteiger partial charge >= 0.3 is 0 Å². The first-order valence-electron chi connectivity index (χ1n) is 7.41. The fraction of sp³-hybridized carbons (Fsp3) is 0.800. The lowest BCUT2D eigenvalue weighted by molar-refractivity contribution is -0.00424. The van der Waals surface area contributed by atoms with Crippen LogP contribution in [0.25, 0.3) is 0 Å². The first-order chi connectivity index (χ1) is 8.74. The molecule has 0 radical (unpaired) electrons. The van der Waals surface area contributed by atoms with E-state index in [-0.39, 0.29) is 0 Å². The molecule has 0 atom stereocenters. The van der Waals surface area contributed by atoms with E-state index in [1.54, 1.807) is 0 Å². The summed E-state index contributed by atoms with van der Waals surface area (Å²) >= 11 is 1.82. The van der Waals surface area contributed by atoms with Gasteiger partial charge in [0.25, 0.3) is 0 Å². The molecule has 0 aliphatic heterocycles. The number of aryl methyl sites for hydroxylation is 1. The zero-order valence-corrected chi connectivity index (χ0v) is 11.9. The topological polar surface area (TPSA) is 38.9 Å². The number of rotatable bonds is 2. The first kappa shape index (κ1) is 11.4. The molecule has 4 bridgehead atoms. The summed E-state index contributed by atoms with van der Waals surface area (Å²) in [6.07, 6.45) is 7.41. The van der Waals surface area contributed by atoms with Gasteiger partial charge in [-0.15, -0.1) is 11.3 Å². The molecule has 4 fully saturated rings. The van der Waals surface area contributed by atoms with Crippen LogP contribution < -0.4 is 5.73 Å². The minimum atomic E-state index is 0.684. The van der Waals surface area contributed by atoms with Gasteiger partial charge in [-0.3, -0.25) is 0 Å². The molecule has 1 aromatic rings. The quantitative estimate of drug-likeness (QED) is 0.886. The van der Waals surface area contributed by atoms with Crippen LogP contribution in [0.1, 0.15) is 53.6 Å². The third kappa shape index (κ3) is 1.60. The Kier molecular flexibility index (Phi) is 2.56. The highest BCUT2D eigenvalue weighted by Gasteiger charge is 2.49. The molecule has 2 N–H and O–H groups in total. The van der Waals surface area contributed by atoms with Crippen LogP contribution in [0.3, 0.4) is 0 Å². The number of aromatic nitrogens is 1. The minimum absolute atomic E-state index is 0.684. The molecule has 0 unspecified atom stereocenters. The summed E-state index contributed by atoms with van der Waals surface area (Å²) < 4.78 is 0. The summed E-state index contributed by atoms with van der Waals surface area (Å²) in [5, 5.41) is 1.21. The SMILES string of the molecule is Cc1nc(C2C3CC4CC(C3)CC2C4)c(CN)s1. The molecular weight excluding hydrogens is 240 g/mol. The van der Waals surface area contributed by atoms with Crippen molar-refractivity contribution < 1.29 is 0 Å². The molecule has 98 valence electrons. The molecule has 2 nitrogen and oxygen atoms in total. The number of hydrogen-bond donors (Lipinski definition) is 1. The molecule has 0 spiro atoms. The Hall–Kier alpha value is -0.410. The Balaban J connectivity index is 1.72. The lowest BCUT2D eigenvalue weighted by atomic mass is 9.51. The molecule has 4 aliphatic rings. The maximum Gasteiger partial charge on any atom is 0.0900 e. The lowest BCUT2D eigenvalue weighted by Crippen LogP contribution is -2.44. The second-order valence-corrected chi connectivity index (χ2v) is 7.99. The molecule has 1 heterocycles. The van der Waals surface area contributed by atoms with Crippen LogP contribution in [-0.2, 0) is 6.54 Å². The molecule has 0 amide bonds. The Labute approximate surface area is 113 Å². The molecule has 1 aromatic heterocycles. The Bertz CT molecular complexity index is 437. The van der Waals surface area contributed by atoms with Crippen LogP contribution in [0.5, 0.6) is 0 Å². The van der Waals surface area contributed by atoms with Gasteiger partial charge in [0.05, 0.1) is 10.7 Å². The van der Waals surface area contributed by atoms with Gasteiger partial charge in [-0.25, -0.2) is 4.98 Å². The molecule has 3 heteroatoms. The highest BCUT2D eigenvalue weighted by molar-refractivity contribution is 7.11. The number of nitrogens with two attached hydrogens (primary N) is 1. The number of thiazole rings is 1. The van der Waals surface area contributed by atoms with Crippen molar-refractivity contribution in [3.05, 3.63) is 15.6 Å². The summed E-state index contributed by atoms with van der Waals surface area (Å²) in [5.74, 6) is 4.69. The van der Waals surface area contributed by atoms with E-state index in [1.165, 1.54) is 47.7 Å². The van der Waals surface area contributed by atoms with Crippen molar-refractivity contribution in [3.8, 4) is 0 Å². The molecule has 4 saturated carbocycles. The van der Waals surface area contributed by atoms with E-state index >= 15 is 0 Å². The van der Waals surface area contributed by atoms with E-state index in [9.17, 15) is 0 Å². The zero-order valence-electron chi connectivity index (χ0n) is 11.1. The number of hydrogen-bond acceptors (Lipinski definition) is 3. The van der Waals surface area contributed by atoms with Crippen LogP contribution in [-0.4, -0.2) is 4.98 Å². The second-order valence-electron chi connectivity index (χ2n) is 6.70. The summed E-state index contributed by atoms with van der Waals surface area (Å²) in [6, 6.07) is 0. The molecule has 5 rings (SSSR count). The standard InChI is InChI=1S/C15H22N2S/c1-8-17-15(13(7-16)18-8)14-11-3-9-2-10(5-11)6-12(14)4-9/h9-12,14H,2-7,16H2,1H3. The van der Waals surface area contributed by atoms with E-state index in [0.29, 0.717) is 6.54 Å². The van der Waals surface area contributed by atoms with Crippen molar-refractivity contribution in [2.45, 2.75) is 51.5 Å². The third-order valence-corrected chi connectivity index (χ3v) is 6.57. The molecule has 4 aliphatic carbocycles. The van der Waals surface area contributed by atoms with Gasteiger partial charge in [0, 0.05) is 17.3 Å². The Morgan fingerprint density at radius 1 is 1.11 bits per heavy atom. The molecule has 0 aromatic carbocycles. The van der Waals surface area contributed by atoms with E-state index in [1.807, 2.05) is 11.3 Å². The second kappa shape index (κ2) is 4.04. The highest BCUT2D eigenvalue weighted by Crippen LogP contribution is 2.60. The predicted octanol–water partition coefficient (Wildman–Crippen LogP) is 3.45. The van der Waals surface area contributed by atoms with Crippen LogP contribution in [0, 0.1) is 30.6 Å². The monoisotopic (exact) mass is 262 g/mol. The maximum absolute atomic E-state index is 5.93. The summed E-state index contributed by atoms with van der Waals surface area (Å²) in [7, 11) is 0. The van der Waals surface area contributed by atoms with Crippen molar-refractivity contribution in [1.82, 2.24) is 4.98 Å². The fourth-order valence-electron chi connectivity index (χ4n) is 5.26. The van der Waals surface area contributed by atoms with Crippen molar-refractivity contribution in [2.24, 2.45) is 29.4 Å². The van der Waals surface area contributed by atoms with Crippen LogP contribution in [0.4, 0.5) is 0 Å². The minimum Gasteiger partial charge on any atom is -0.326 e.